The minimum atomic E-state index is -0.220. The summed E-state index contributed by atoms with van der Waals surface area (Å²) in [6.45, 7) is 0.594. The van der Waals surface area contributed by atoms with Crippen LogP contribution < -0.4 is 20.3 Å². The molecule has 1 saturated heterocycles. The molecule has 0 aliphatic carbocycles. The fourth-order valence-corrected chi connectivity index (χ4v) is 2.49. The minimum absolute atomic E-state index is 0.0276. The summed E-state index contributed by atoms with van der Waals surface area (Å²) >= 11 is 0. The summed E-state index contributed by atoms with van der Waals surface area (Å²) in [6, 6.07) is 11.7. The van der Waals surface area contributed by atoms with Gasteiger partial charge in [-0.25, -0.2) is 5.43 Å². The van der Waals surface area contributed by atoms with E-state index in [1.165, 1.54) is 6.07 Å². The third-order valence-corrected chi connectivity index (χ3v) is 3.63. The molecule has 0 amide bonds. The van der Waals surface area contributed by atoms with Gasteiger partial charge in [-0.1, -0.05) is 0 Å². The molecular formula is C16H18N2O4. The van der Waals surface area contributed by atoms with E-state index in [1.54, 1.807) is 19.2 Å². The quantitative estimate of drug-likeness (QED) is 0.688. The van der Waals surface area contributed by atoms with E-state index in [9.17, 15) is 10.2 Å². The van der Waals surface area contributed by atoms with Gasteiger partial charge in [0.25, 0.3) is 0 Å². The molecule has 116 valence electrons. The third kappa shape index (κ3) is 2.93. The molecule has 0 bridgehead atoms. The van der Waals surface area contributed by atoms with Crippen molar-refractivity contribution in [2.45, 2.75) is 12.1 Å². The largest absolute Gasteiger partial charge is 0.508 e. The first-order valence-electron chi connectivity index (χ1n) is 6.98. The van der Waals surface area contributed by atoms with Crippen molar-refractivity contribution < 1.29 is 19.7 Å². The SMILES string of the molecule is COc1ccc(OC2CNNC2c2ccc(O)cc2O)cc1. The molecule has 1 fully saturated rings. The number of hydrogen-bond acceptors (Lipinski definition) is 6. The van der Waals surface area contributed by atoms with Crippen molar-refractivity contribution in [3.05, 3.63) is 48.0 Å². The first-order chi connectivity index (χ1) is 10.7. The molecule has 6 heteroatoms. The Morgan fingerprint density at radius 2 is 1.77 bits per heavy atom. The molecule has 1 aliphatic rings. The Labute approximate surface area is 128 Å². The van der Waals surface area contributed by atoms with Gasteiger partial charge in [0.15, 0.2) is 0 Å². The zero-order chi connectivity index (χ0) is 15.5. The number of rotatable bonds is 4. The van der Waals surface area contributed by atoms with E-state index in [1.807, 2.05) is 24.3 Å². The normalized spacial score (nSPS) is 20.8. The van der Waals surface area contributed by atoms with Crippen molar-refractivity contribution in [2.75, 3.05) is 13.7 Å². The molecule has 6 nitrogen and oxygen atoms in total. The van der Waals surface area contributed by atoms with E-state index in [0.29, 0.717) is 12.1 Å². The predicted molar refractivity (Wildman–Crippen MR) is 81.1 cm³/mol. The predicted octanol–water partition coefficient (Wildman–Crippen LogP) is 1.70. The molecule has 1 heterocycles. The van der Waals surface area contributed by atoms with Crippen LogP contribution in [-0.4, -0.2) is 30.0 Å². The van der Waals surface area contributed by atoms with Gasteiger partial charge >= 0.3 is 0 Å². The molecular weight excluding hydrogens is 284 g/mol. The van der Waals surface area contributed by atoms with E-state index in [2.05, 4.69) is 10.9 Å². The van der Waals surface area contributed by atoms with E-state index >= 15 is 0 Å². The number of ether oxygens (including phenoxy) is 2. The minimum Gasteiger partial charge on any atom is -0.508 e. The fourth-order valence-electron chi connectivity index (χ4n) is 2.49. The molecule has 2 unspecified atom stereocenters. The monoisotopic (exact) mass is 302 g/mol. The number of nitrogens with one attached hydrogen (secondary N) is 2. The van der Waals surface area contributed by atoms with Gasteiger partial charge in [0.1, 0.15) is 29.1 Å². The lowest BCUT2D eigenvalue weighted by Crippen LogP contribution is -2.28. The lowest BCUT2D eigenvalue weighted by molar-refractivity contribution is 0.195. The number of hydrazine groups is 1. The lowest BCUT2D eigenvalue weighted by atomic mass is 10.0. The van der Waals surface area contributed by atoms with Crippen LogP contribution in [0.1, 0.15) is 11.6 Å². The summed E-state index contributed by atoms with van der Waals surface area (Å²) in [7, 11) is 1.62. The highest BCUT2D eigenvalue weighted by molar-refractivity contribution is 5.42. The van der Waals surface area contributed by atoms with Gasteiger partial charge in [0.2, 0.25) is 0 Å². The van der Waals surface area contributed by atoms with Gasteiger partial charge < -0.3 is 19.7 Å². The lowest BCUT2D eigenvalue weighted by Gasteiger charge is -2.21. The molecule has 2 aromatic rings. The van der Waals surface area contributed by atoms with Gasteiger partial charge in [-0.2, -0.15) is 0 Å². The Bertz CT molecular complexity index is 645. The van der Waals surface area contributed by atoms with Crippen LogP contribution in [0.5, 0.6) is 23.0 Å². The van der Waals surface area contributed by atoms with Crippen molar-refractivity contribution in [1.82, 2.24) is 10.9 Å². The van der Waals surface area contributed by atoms with Gasteiger partial charge in [0.05, 0.1) is 13.2 Å². The second-order valence-electron chi connectivity index (χ2n) is 5.08. The van der Waals surface area contributed by atoms with E-state index in [0.717, 1.165) is 11.5 Å². The van der Waals surface area contributed by atoms with Crippen LogP contribution in [0.2, 0.25) is 0 Å². The Morgan fingerprint density at radius 1 is 1.05 bits per heavy atom. The molecule has 2 atom stereocenters. The summed E-state index contributed by atoms with van der Waals surface area (Å²) in [5.74, 6) is 1.55. The second-order valence-corrected chi connectivity index (χ2v) is 5.08. The molecule has 1 aliphatic heterocycles. The zero-order valence-electron chi connectivity index (χ0n) is 12.1. The van der Waals surface area contributed by atoms with Gasteiger partial charge in [-0.05, 0) is 36.4 Å². The number of phenols is 2. The average Bonchev–Trinajstić information content (AvgIpc) is 2.96. The van der Waals surface area contributed by atoms with Gasteiger partial charge in [-0.3, -0.25) is 5.43 Å². The molecule has 0 saturated carbocycles. The first kappa shape index (κ1) is 14.5. The fraction of sp³-hybridized carbons (Fsp3) is 0.250. The highest BCUT2D eigenvalue weighted by Gasteiger charge is 2.32. The number of aromatic hydroxyl groups is 2. The van der Waals surface area contributed by atoms with Crippen molar-refractivity contribution in [2.24, 2.45) is 0 Å². The molecule has 0 aromatic heterocycles. The Balaban J connectivity index is 1.77. The van der Waals surface area contributed by atoms with Crippen LogP contribution in [0.25, 0.3) is 0 Å². The third-order valence-electron chi connectivity index (χ3n) is 3.63. The molecule has 2 aromatic carbocycles. The average molecular weight is 302 g/mol. The molecule has 0 radical (unpaired) electrons. The van der Waals surface area contributed by atoms with Crippen molar-refractivity contribution >= 4 is 0 Å². The summed E-state index contributed by atoms with van der Waals surface area (Å²) in [5.41, 5.74) is 6.78. The Kier molecular flexibility index (Phi) is 4.04. The number of methoxy groups -OCH3 is 1. The highest BCUT2D eigenvalue weighted by atomic mass is 16.5. The van der Waals surface area contributed by atoms with Crippen LogP contribution in [0.15, 0.2) is 42.5 Å². The second kappa shape index (κ2) is 6.13. The van der Waals surface area contributed by atoms with Crippen molar-refractivity contribution in [3.8, 4) is 23.0 Å². The topological polar surface area (TPSA) is 83.0 Å². The van der Waals surface area contributed by atoms with Gasteiger partial charge in [-0.15, -0.1) is 0 Å². The van der Waals surface area contributed by atoms with E-state index < -0.39 is 0 Å². The van der Waals surface area contributed by atoms with Crippen LogP contribution >= 0.6 is 0 Å². The maximum Gasteiger partial charge on any atom is 0.133 e. The molecule has 4 N–H and O–H groups in total. The van der Waals surface area contributed by atoms with Crippen molar-refractivity contribution in [3.63, 3.8) is 0 Å². The maximum atomic E-state index is 10.0. The maximum absolute atomic E-state index is 10.0. The first-order valence-corrected chi connectivity index (χ1v) is 6.98. The molecule has 3 rings (SSSR count). The zero-order valence-corrected chi connectivity index (χ0v) is 12.1. The standard InChI is InChI=1S/C16H18N2O4/c1-21-11-3-5-12(6-4-11)22-15-9-17-18-16(15)13-7-2-10(19)8-14(13)20/h2-8,15-20H,9H2,1H3. The van der Waals surface area contributed by atoms with Crippen molar-refractivity contribution in [1.29, 1.82) is 0 Å². The van der Waals surface area contributed by atoms with Gasteiger partial charge in [0, 0.05) is 18.2 Å². The van der Waals surface area contributed by atoms with Crippen LogP contribution in [0.4, 0.5) is 0 Å². The Hall–Kier alpha value is -2.44. The highest BCUT2D eigenvalue weighted by Crippen LogP contribution is 2.32. The summed E-state index contributed by atoms with van der Waals surface area (Å²) < 4.78 is 11.1. The van der Waals surface area contributed by atoms with Crippen LogP contribution in [-0.2, 0) is 0 Å². The van der Waals surface area contributed by atoms with E-state index in [-0.39, 0.29) is 23.6 Å². The van der Waals surface area contributed by atoms with Crippen LogP contribution in [0.3, 0.4) is 0 Å². The number of hydrogen-bond donors (Lipinski definition) is 4. The summed E-state index contributed by atoms with van der Waals surface area (Å²) in [5, 5.41) is 19.4. The molecule has 22 heavy (non-hydrogen) atoms. The summed E-state index contributed by atoms with van der Waals surface area (Å²) in [6.07, 6.45) is -0.191. The number of benzene rings is 2. The van der Waals surface area contributed by atoms with E-state index in [4.69, 9.17) is 9.47 Å². The smallest absolute Gasteiger partial charge is 0.133 e. The number of phenolic OH excluding ortho intramolecular Hbond substituents is 2. The summed E-state index contributed by atoms with van der Waals surface area (Å²) in [4.78, 5) is 0. The van der Waals surface area contributed by atoms with Crippen LogP contribution in [0, 0.1) is 0 Å². The Morgan fingerprint density at radius 3 is 2.45 bits per heavy atom. The molecule has 0 spiro atoms.